The summed E-state index contributed by atoms with van der Waals surface area (Å²) in [7, 11) is 0. The van der Waals surface area contributed by atoms with E-state index in [1.165, 1.54) is 0 Å². The van der Waals surface area contributed by atoms with Crippen molar-refractivity contribution in [3.8, 4) is 0 Å². The topological polar surface area (TPSA) is 12.0 Å². The molecule has 0 aromatic carbocycles. The van der Waals surface area contributed by atoms with Gasteiger partial charge in [-0.2, -0.15) is 0 Å². The van der Waals surface area contributed by atoms with Gasteiger partial charge in [0.2, 0.25) is 0 Å². The first-order chi connectivity index (χ1) is 4.81. The first-order valence-corrected chi connectivity index (χ1v) is 4.21. The lowest BCUT2D eigenvalue weighted by atomic mass is 9.91. The zero-order valence-electron chi connectivity index (χ0n) is 6.20. The standard InChI is InChI=1S/C8H14FN/c9-8(3-4-8)7-1-5-10-6-2-7/h7,10H,1-6H2. The first-order valence-electron chi connectivity index (χ1n) is 4.21. The van der Waals surface area contributed by atoms with Crippen LogP contribution in [-0.2, 0) is 0 Å². The fourth-order valence-electron chi connectivity index (χ4n) is 1.87. The van der Waals surface area contributed by atoms with Crippen LogP contribution in [0.15, 0.2) is 0 Å². The number of alkyl halides is 1. The van der Waals surface area contributed by atoms with Crippen molar-refractivity contribution in [2.24, 2.45) is 5.92 Å². The third-order valence-corrected chi connectivity index (χ3v) is 2.80. The van der Waals surface area contributed by atoms with Gasteiger partial charge in [-0.1, -0.05) is 0 Å². The SMILES string of the molecule is FC1(C2CCNCC2)CC1. The summed E-state index contributed by atoms with van der Waals surface area (Å²) < 4.78 is 13.4. The Morgan fingerprint density at radius 1 is 1.20 bits per heavy atom. The summed E-state index contributed by atoms with van der Waals surface area (Å²) in [5.74, 6) is 0.383. The van der Waals surface area contributed by atoms with E-state index in [0.29, 0.717) is 5.92 Å². The van der Waals surface area contributed by atoms with E-state index in [1.54, 1.807) is 0 Å². The molecule has 1 saturated carbocycles. The van der Waals surface area contributed by atoms with E-state index in [1.807, 2.05) is 0 Å². The average Bonchev–Trinajstić information content (AvgIpc) is 2.72. The molecular weight excluding hydrogens is 129 g/mol. The Bertz CT molecular complexity index is 125. The zero-order chi connectivity index (χ0) is 7.03. The van der Waals surface area contributed by atoms with Crippen molar-refractivity contribution in [1.29, 1.82) is 0 Å². The first kappa shape index (κ1) is 6.59. The largest absolute Gasteiger partial charge is 0.317 e. The third-order valence-electron chi connectivity index (χ3n) is 2.80. The molecule has 0 aromatic heterocycles. The van der Waals surface area contributed by atoms with Crippen LogP contribution < -0.4 is 5.32 Å². The van der Waals surface area contributed by atoms with E-state index in [-0.39, 0.29) is 0 Å². The lowest BCUT2D eigenvalue weighted by Gasteiger charge is -2.25. The second-order valence-electron chi connectivity index (χ2n) is 3.56. The summed E-state index contributed by atoms with van der Waals surface area (Å²) in [5, 5.41) is 3.25. The van der Waals surface area contributed by atoms with Crippen molar-refractivity contribution in [3.05, 3.63) is 0 Å². The van der Waals surface area contributed by atoms with Crippen molar-refractivity contribution >= 4 is 0 Å². The number of hydrogen-bond acceptors (Lipinski definition) is 1. The summed E-state index contributed by atoms with van der Waals surface area (Å²) in [5.41, 5.74) is -0.720. The normalized spacial score (nSPS) is 32.1. The fourth-order valence-corrected chi connectivity index (χ4v) is 1.87. The molecule has 1 aliphatic heterocycles. The second-order valence-corrected chi connectivity index (χ2v) is 3.56. The van der Waals surface area contributed by atoms with Gasteiger partial charge in [0, 0.05) is 0 Å². The van der Waals surface area contributed by atoms with E-state index in [9.17, 15) is 4.39 Å². The smallest absolute Gasteiger partial charge is 0.114 e. The molecule has 2 heteroatoms. The molecule has 0 unspecified atom stereocenters. The maximum atomic E-state index is 13.4. The van der Waals surface area contributed by atoms with Gasteiger partial charge in [-0.15, -0.1) is 0 Å². The molecule has 1 heterocycles. The minimum atomic E-state index is -0.720. The van der Waals surface area contributed by atoms with Gasteiger partial charge in [-0.25, -0.2) is 4.39 Å². The highest BCUT2D eigenvalue weighted by Crippen LogP contribution is 2.49. The summed E-state index contributed by atoms with van der Waals surface area (Å²) in [4.78, 5) is 0. The number of hydrogen-bond donors (Lipinski definition) is 1. The van der Waals surface area contributed by atoms with Crippen LogP contribution in [0, 0.1) is 5.92 Å². The van der Waals surface area contributed by atoms with E-state index in [0.717, 1.165) is 38.8 Å². The number of halogens is 1. The Morgan fingerprint density at radius 3 is 2.30 bits per heavy atom. The Kier molecular flexibility index (Phi) is 1.44. The van der Waals surface area contributed by atoms with E-state index < -0.39 is 5.67 Å². The highest BCUT2D eigenvalue weighted by molar-refractivity contribution is 5.00. The molecule has 0 radical (unpaired) electrons. The Balaban J connectivity index is 1.91. The third kappa shape index (κ3) is 1.05. The molecule has 0 spiro atoms. The highest BCUT2D eigenvalue weighted by atomic mass is 19.1. The summed E-state index contributed by atoms with van der Waals surface area (Å²) in [6, 6.07) is 0. The Morgan fingerprint density at radius 2 is 1.80 bits per heavy atom. The van der Waals surface area contributed by atoms with Gasteiger partial charge in [-0.05, 0) is 44.7 Å². The van der Waals surface area contributed by atoms with Gasteiger partial charge in [0.05, 0.1) is 0 Å². The van der Waals surface area contributed by atoms with Gasteiger partial charge in [-0.3, -0.25) is 0 Å². The molecule has 0 aromatic rings. The Hall–Kier alpha value is -0.110. The molecule has 1 nitrogen and oxygen atoms in total. The van der Waals surface area contributed by atoms with E-state index in [4.69, 9.17) is 0 Å². The minimum absolute atomic E-state index is 0.383. The minimum Gasteiger partial charge on any atom is -0.317 e. The van der Waals surface area contributed by atoms with Gasteiger partial charge >= 0.3 is 0 Å². The lowest BCUT2D eigenvalue weighted by Crippen LogP contribution is -2.33. The summed E-state index contributed by atoms with van der Waals surface area (Å²) in [6.45, 7) is 2.05. The van der Waals surface area contributed by atoms with Crippen LogP contribution in [0.4, 0.5) is 4.39 Å². The van der Waals surface area contributed by atoms with Crippen molar-refractivity contribution in [3.63, 3.8) is 0 Å². The second kappa shape index (κ2) is 2.19. The van der Waals surface area contributed by atoms with Crippen LogP contribution in [0.3, 0.4) is 0 Å². The maximum absolute atomic E-state index is 13.4. The predicted octanol–water partition coefficient (Wildman–Crippen LogP) is 1.49. The number of piperidine rings is 1. The van der Waals surface area contributed by atoms with Crippen LogP contribution in [0.5, 0.6) is 0 Å². The van der Waals surface area contributed by atoms with Gasteiger partial charge < -0.3 is 5.32 Å². The molecule has 2 aliphatic rings. The summed E-state index contributed by atoms with van der Waals surface area (Å²) in [6.07, 6.45) is 3.77. The van der Waals surface area contributed by atoms with Crippen molar-refractivity contribution in [1.82, 2.24) is 5.32 Å². The zero-order valence-corrected chi connectivity index (χ0v) is 6.20. The highest BCUT2D eigenvalue weighted by Gasteiger charge is 2.49. The Labute approximate surface area is 61.0 Å². The maximum Gasteiger partial charge on any atom is 0.114 e. The molecule has 0 amide bonds. The molecule has 1 saturated heterocycles. The lowest BCUT2D eigenvalue weighted by molar-refractivity contribution is 0.165. The number of nitrogens with one attached hydrogen (secondary N) is 1. The van der Waals surface area contributed by atoms with Crippen molar-refractivity contribution in [2.75, 3.05) is 13.1 Å². The summed E-state index contributed by atoms with van der Waals surface area (Å²) >= 11 is 0. The van der Waals surface area contributed by atoms with Crippen LogP contribution in [-0.4, -0.2) is 18.8 Å². The van der Waals surface area contributed by atoms with Crippen LogP contribution >= 0.6 is 0 Å². The molecule has 1 N–H and O–H groups in total. The van der Waals surface area contributed by atoms with Crippen molar-refractivity contribution in [2.45, 2.75) is 31.4 Å². The van der Waals surface area contributed by atoms with E-state index >= 15 is 0 Å². The van der Waals surface area contributed by atoms with Gasteiger partial charge in [0.25, 0.3) is 0 Å². The molecule has 10 heavy (non-hydrogen) atoms. The van der Waals surface area contributed by atoms with Crippen LogP contribution in [0.1, 0.15) is 25.7 Å². The molecule has 2 rings (SSSR count). The molecule has 1 aliphatic carbocycles. The predicted molar refractivity (Wildman–Crippen MR) is 38.7 cm³/mol. The average molecular weight is 143 g/mol. The molecule has 0 bridgehead atoms. The number of rotatable bonds is 1. The van der Waals surface area contributed by atoms with Crippen LogP contribution in [0.2, 0.25) is 0 Å². The molecule has 2 fully saturated rings. The fraction of sp³-hybridized carbons (Fsp3) is 1.00. The van der Waals surface area contributed by atoms with Gasteiger partial charge in [0.1, 0.15) is 5.67 Å². The molecular formula is C8H14FN. The molecule has 0 atom stereocenters. The van der Waals surface area contributed by atoms with E-state index in [2.05, 4.69) is 5.32 Å². The molecule has 58 valence electrons. The quantitative estimate of drug-likeness (QED) is 0.586. The van der Waals surface area contributed by atoms with Crippen LogP contribution in [0.25, 0.3) is 0 Å². The monoisotopic (exact) mass is 143 g/mol. The van der Waals surface area contributed by atoms with Gasteiger partial charge in [0.15, 0.2) is 0 Å². The van der Waals surface area contributed by atoms with Crippen molar-refractivity contribution < 1.29 is 4.39 Å².